The molecular formula is C22H27ClN2O4. The van der Waals surface area contributed by atoms with Crippen LogP contribution in [-0.4, -0.2) is 32.1 Å². The molecular weight excluding hydrogens is 392 g/mol. The Morgan fingerprint density at radius 1 is 0.931 bits per heavy atom. The lowest BCUT2D eigenvalue weighted by Gasteiger charge is -2.25. The summed E-state index contributed by atoms with van der Waals surface area (Å²) in [6.45, 7) is 5.61. The van der Waals surface area contributed by atoms with Crippen molar-refractivity contribution in [2.45, 2.75) is 32.9 Å². The van der Waals surface area contributed by atoms with Crippen molar-refractivity contribution >= 4 is 23.4 Å². The minimum Gasteiger partial charge on any atom is -0.497 e. The summed E-state index contributed by atoms with van der Waals surface area (Å²) in [5.41, 5.74) is 1.22. The van der Waals surface area contributed by atoms with Gasteiger partial charge < -0.3 is 20.1 Å². The summed E-state index contributed by atoms with van der Waals surface area (Å²) in [6.07, 6.45) is 0. The van der Waals surface area contributed by atoms with E-state index in [1.54, 1.807) is 50.6 Å². The number of halogens is 1. The van der Waals surface area contributed by atoms with Gasteiger partial charge in [-0.3, -0.25) is 9.59 Å². The van der Waals surface area contributed by atoms with Crippen LogP contribution in [0.4, 0.5) is 0 Å². The highest BCUT2D eigenvalue weighted by atomic mass is 35.5. The first-order chi connectivity index (χ1) is 13.8. The molecule has 0 aliphatic carbocycles. The van der Waals surface area contributed by atoms with Crippen LogP contribution >= 0.6 is 11.6 Å². The third-order valence-corrected chi connectivity index (χ3v) is 4.86. The molecule has 0 spiro atoms. The lowest BCUT2D eigenvalue weighted by molar-refractivity contribution is -0.124. The Kier molecular flexibility index (Phi) is 7.91. The highest BCUT2D eigenvalue weighted by Crippen LogP contribution is 2.29. The third kappa shape index (κ3) is 5.87. The molecule has 7 heteroatoms. The number of carbonyl (C=O) groups is 2. The van der Waals surface area contributed by atoms with Crippen molar-refractivity contribution in [3.63, 3.8) is 0 Å². The molecule has 2 aromatic rings. The number of hydrogen-bond acceptors (Lipinski definition) is 4. The quantitative estimate of drug-likeness (QED) is 0.679. The summed E-state index contributed by atoms with van der Waals surface area (Å²) in [7, 11) is 3.15. The molecule has 0 bridgehead atoms. The van der Waals surface area contributed by atoms with Gasteiger partial charge in [0.1, 0.15) is 17.5 Å². The summed E-state index contributed by atoms with van der Waals surface area (Å²) in [6, 6.07) is 10.9. The molecule has 2 aromatic carbocycles. The fraction of sp³-hybridized carbons (Fsp3) is 0.364. The monoisotopic (exact) mass is 418 g/mol. The summed E-state index contributed by atoms with van der Waals surface area (Å²) in [4.78, 5) is 25.5. The number of amides is 2. The maximum Gasteiger partial charge on any atom is 0.251 e. The molecule has 2 N–H and O–H groups in total. The van der Waals surface area contributed by atoms with E-state index >= 15 is 0 Å². The van der Waals surface area contributed by atoms with E-state index in [0.29, 0.717) is 22.1 Å². The minimum absolute atomic E-state index is 0.106. The first-order valence-corrected chi connectivity index (χ1v) is 9.73. The Morgan fingerprint density at radius 3 is 2.14 bits per heavy atom. The minimum atomic E-state index is -0.697. The third-order valence-electron chi connectivity index (χ3n) is 4.60. The molecule has 0 aromatic heterocycles. The molecule has 0 fully saturated rings. The van der Waals surface area contributed by atoms with Gasteiger partial charge in [-0.2, -0.15) is 0 Å². The summed E-state index contributed by atoms with van der Waals surface area (Å²) in [5.74, 6) is 0.593. The SMILES string of the molecule is COc1ccc(OC)c(C(C)NC(=O)C(NC(=O)c2ccc(Cl)cc2)C(C)C)c1. The second-order valence-corrected chi connectivity index (χ2v) is 7.48. The second kappa shape index (κ2) is 10.2. The van der Waals surface area contributed by atoms with Crippen LogP contribution in [0.15, 0.2) is 42.5 Å². The molecule has 2 rings (SSSR count). The lowest BCUT2D eigenvalue weighted by Crippen LogP contribution is -2.50. The van der Waals surface area contributed by atoms with Crippen LogP contribution in [0.1, 0.15) is 42.7 Å². The van der Waals surface area contributed by atoms with Crippen molar-refractivity contribution in [1.29, 1.82) is 0 Å². The first-order valence-electron chi connectivity index (χ1n) is 9.35. The van der Waals surface area contributed by atoms with Crippen molar-refractivity contribution < 1.29 is 19.1 Å². The van der Waals surface area contributed by atoms with E-state index < -0.39 is 6.04 Å². The first kappa shape index (κ1) is 22.6. The van der Waals surface area contributed by atoms with Gasteiger partial charge in [0, 0.05) is 16.1 Å². The van der Waals surface area contributed by atoms with E-state index in [-0.39, 0.29) is 23.8 Å². The van der Waals surface area contributed by atoms with Crippen LogP contribution in [0.25, 0.3) is 0 Å². The van der Waals surface area contributed by atoms with Crippen LogP contribution in [-0.2, 0) is 4.79 Å². The number of carbonyl (C=O) groups excluding carboxylic acids is 2. The molecule has 2 unspecified atom stereocenters. The summed E-state index contributed by atoms with van der Waals surface area (Å²) < 4.78 is 10.7. The van der Waals surface area contributed by atoms with E-state index in [4.69, 9.17) is 21.1 Å². The van der Waals surface area contributed by atoms with Crippen LogP contribution < -0.4 is 20.1 Å². The largest absolute Gasteiger partial charge is 0.497 e. The van der Waals surface area contributed by atoms with Crippen molar-refractivity contribution in [3.05, 3.63) is 58.6 Å². The zero-order chi connectivity index (χ0) is 21.6. The predicted molar refractivity (Wildman–Crippen MR) is 114 cm³/mol. The molecule has 2 atom stereocenters. The summed E-state index contributed by atoms with van der Waals surface area (Å²) >= 11 is 5.87. The van der Waals surface area contributed by atoms with Gasteiger partial charge in [0.15, 0.2) is 0 Å². The number of methoxy groups -OCH3 is 2. The average molecular weight is 419 g/mol. The molecule has 0 aliphatic heterocycles. The molecule has 6 nitrogen and oxygen atoms in total. The van der Waals surface area contributed by atoms with Gasteiger partial charge in [-0.05, 0) is 55.3 Å². The second-order valence-electron chi connectivity index (χ2n) is 7.04. The predicted octanol–water partition coefficient (Wildman–Crippen LogP) is 3.99. The number of benzene rings is 2. The van der Waals surface area contributed by atoms with Crippen molar-refractivity contribution in [2.24, 2.45) is 5.92 Å². The normalized spacial score (nSPS) is 12.8. The zero-order valence-electron chi connectivity index (χ0n) is 17.3. The smallest absolute Gasteiger partial charge is 0.251 e. The summed E-state index contributed by atoms with van der Waals surface area (Å²) in [5, 5.41) is 6.31. The van der Waals surface area contributed by atoms with Gasteiger partial charge in [0.25, 0.3) is 5.91 Å². The fourth-order valence-corrected chi connectivity index (χ4v) is 3.05. The zero-order valence-corrected chi connectivity index (χ0v) is 18.0. The Morgan fingerprint density at radius 2 is 1.59 bits per heavy atom. The van der Waals surface area contributed by atoms with Gasteiger partial charge in [-0.15, -0.1) is 0 Å². The molecule has 2 amide bonds. The van der Waals surface area contributed by atoms with E-state index in [1.807, 2.05) is 26.8 Å². The van der Waals surface area contributed by atoms with Crippen molar-refractivity contribution in [2.75, 3.05) is 14.2 Å². The molecule has 29 heavy (non-hydrogen) atoms. The highest BCUT2D eigenvalue weighted by Gasteiger charge is 2.26. The van der Waals surface area contributed by atoms with Crippen LogP contribution in [0, 0.1) is 5.92 Å². The average Bonchev–Trinajstić information content (AvgIpc) is 2.71. The van der Waals surface area contributed by atoms with E-state index in [0.717, 1.165) is 5.56 Å². The van der Waals surface area contributed by atoms with Crippen LogP contribution in [0.3, 0.4) is 0 Å². The maximum atomic E-state index is 12.9. The van der Waals surface area contributed by atoms with Crippen LogP contribution in [0.5, 0.6) is 11.5 Å². The Labute approximate surface area is 176 Å². The lowest BCUT2D eigenvalue weighted by atomic mass is 10.0. The van der Waals surface area contributed by atoms with E-state index in [9.17, 15) is 9.59 Å². The Balaban J connectivity index is 2.15. The molecule has 0 saturated heterocycles. The number of hydrogen-bond donors (Lipinski definition) is 2. The topological polar surface area (TPSA) is 76.7 Å². The molecule has 0 saturated carbocycles. The van der Waals surface area contributed by atoms with Gasteiger partial charge in [-0.25, -0.2) is 0 Å². The van der Waals surface area contributed by atoms with E-state index in [2.05, 4.69) is 10.6 Å². The van der Waals surface area contributed by atoms with Crippen molar-refractivity contribution in [3.8, 4) is 11.5 Å². The molecule has 0 heterocycles. The van der Waals surface area contributed by atoms with Gasteiger partial charge >= 0.3 is 0 Å². The molecule has 156 valence electrons. The van der Waals surface area contributed by atoms with Gasteiger partial charge in [0.2, 0.25) is 5.91 Å². The van der Waals surface area contributed by atoms with Gasteiger partial charge in [-0.1, -0.05) is 25.4 Å². The Hall–Kier alpha value is -2.73. The van der Waals surface area contributed by atoms with Gasteiger partial charge in [0.05, 0.1) is 20.3 Å². The molecule has 0 aliphatic rings. The standard InChI is InChI=1S/C22H27ClN2O4/c1-13(2)20(25-21(26)15-6-8-16(23)9-7-15)22(27)24-14(3)18-12-17(28-4)10-11-19(18)29-5/h6-14,20H,1-5H3,(H,24,27)(H,25,26). The number of nitrogens with one attached hydrogen (secondary N) is 2. The number of rotatable bonds is 8. The molecule has 0 radical (unpaired) electrons. The van der Waals surface area contributed by atoms with Crippen molar-refractivity contribution in [1.82, 2.24) is 10.6 Å². The van der Waals surface area contributed by atoms with E-state index in [1.165, 1.54) is 0 Å². The van der Waals surface area contributed by atoms with Crippen LogP contribution in [0.2, 0.25) is 5.02 Å². The highest BCUT2D eigenvalue weighted by molar-refractivity contribution is 6.30. The number of ether oxygens (including phenoxy) is 2. The Bertz CT molecular complexity index is 852. The fourth-order valence-electron chi connectivity index (χ4n) is 2.92. The maximum absolute atomic E-state index is 12.9.